The number of ether oxygens (including phenoxy) is 2. The van der Waals surface area contributed by atoms with Gasteiger partial charge in [-0.25, -0.2) is 0 Å². The fraction of sp³-hybridized carbons (Fsp3) is 0.300. The van der Waals surface area contributed by atoms with E-state index in [-0.39, 0.29) is 29.3 Å². The van der Waals surface area contributed by atoms with Crippen LogP contribution in [0.4, 0.5) is 11.4 Å². The molecule has 27 heavy (non-hydrogen) atoms. The van der Waals surface area contributed by atoms with Crippen molar-refractivity contribution < 1.29 is 19.5 Å². The number of benzene rings is 2. The number of hydrogen-bond acceptors (Lipinski definition) is 6. The van der Waals surface area contributed by atoms with Crippen LogP contribution in [0.1, 0.15) is 29.5 Å². The molecule has 0 bridgehead atoms. The number of phenols is 1. The molecule has 2 aromatic rings. The summed E-state index contributed by atoms with van der Waals surface area (Å²) in [6.45, 7) is 0. The lowest BCUT2D eigenvalue weighted by Crippen LogP contribution is -2.29. The molecule has 7 nitrogen and oxygen atoms in total. The lowest BCUT2D eigenvalue weighted by atomic mass is 9.76. The Labute approximate surface area is 156 Å². The van der Waals surface area contributed by atoms with Crippen molar-refractivity contribution in [2.45, 2.75) is 18.4 Å². The summed E-state index contributed by atoms with van der Waals surface area (Å²) in [5.74, 6) is 1.38. The summed E-state index contributed by atoms with van der Waals surface area (Å²) in [4.78, 5) is 10.7. The summed E-state index contributed by atoms with van der Waals surface area (Å²) in [5.41, 5.74) is 2.22. The van der Waals surface area contributed by atoms with E-state index in [2.05, 4.69) is 17.5 Å². The number of methoxy groups -OCH3 is 2. The normalized spacial score (nSPS) is 22.5. The molecule has 2 aromatic carbocycles. The van der Waals surface area contributed by atoms with Gasteiger partial charge in [0.15, 0.2) is 11.5 Å². The van der Waals surface area contributed by atoms with Gasteiger partial charge in [-0.3, -0.25) is 10.1 Å². The molecule has 0 amide bonds. The van der Waals surface area contributed by atoms with Crippen LogP contribution in [0, 0.1) is 16.0 Å². The van der Waals surface area contributed by atoms with Crippen molar-refractivity contribution in [3.8, 4) is 17.2 Å². The Balaban J connectivity index is 1.79. The number of non-ortho nitro benzene ring substituents is 1. The van der Waals surface area contributed by atoms with Crippen molar-refractivity contribution in [1.82, 2.24) is 0 Å². The van der Waals surface area contributed by atoms with Crippen LogP contribution in [-0.2, 0) is 0 Å². The highest BCUT2D eigenvalue weighted by Gasteiger charge is 2.40. The van der Waals surface area contributed by atoms with Crippen LogP contribution < -0.4 is 14.8 Å². The van der Waals surface area contributed by atoms with Gasteiger partial charge in [0, 0.05) is 12.0 Å². The molecule has 0 radical (unpaired) electrons. The summed E-state index contributed by atoms with van der Waals surface area (Å²) in [6.07, 6.45) is 5.01. The summed E-state index contributed by atoms with van der Waals surface area (Å²) in [6, 6.07) is 8.45. The van der Waals surface area contributed by atoms with E-state index < -0.39 is 4.92 Å². The molecule has 1 heterocycles. The first kappa shape index (κ1) is 17.2. The standard InChI is InChI=1S/C20H20N2O5/c1-26-17-7-6-11(8-18(17)27-2)19-14-5-3-4-13(14)15-9-12(22(24)25)10-16(23)20(15)21-19/h3-4,6-10,13-14,19,21,23H,5H2,1-2H3. The third kappa shape index (κ3) is 2.75. The number of nitrogens with zero attached hydrogens (tertiary/aromatic N) is 1. The summed E-state index contributed by atoms with van der Waals surface area (Å²) in [7, 11) is 3.19. The Morgan fingerprint density at radius 3 is 2.67 bits per heavy atom. The third-order valence-electron chi connectivity index (χ3n) is 5.41. The fourth-order valence-electron chi connectivity index (χ4n) is 4.15. The molecule has 0 saturated carbocycles. The van der Waals surface area contributed by atoms with Crippen LogP contribution in [0.15, 0.2) is 42.5 Å². The number of fused-ring (bicyclic) bond motifs is 3. The molecular formula is C20H20N2O5. The van der Waals surface area contributed by atoms with Crippen molar-refractivity contribution >= 4 is 11.4 Å². The maximum absolute atomic E-state index is 11.2. The highest BCUT2D eigenvalue weighted by atomic mass is 16.6. The lowest BCUT2D eigenvalue weighted by molar-refractivity contribution is -0.385. The smallest absolute Gasteiger partial charge is 0.273 e. The summed E-state index contributed by atoms with van der Waals surface area (Å²) >= 11 is 0. The first-order valence-corrected chi connectivity index (χ1v) is 8.70. The van der Waals surface area contributed by atoms with Crippen molar-refractivity contribution in [2.75, 3.05) is 19.5 Å². The van der Waals surface area contributed by atoms with Crippen LogP contribution in [0.5, 0.6) is 17.2 Å². The van der Waals surface area contributed by atoms with E-state index >= 15 is 0 Å². The zero-order chi connectivity index (χ0) is 19.1. The fourth-order valence-corrected chi connectivity index (χ4v) is 4.15. The SMILES string of the molecule is COc1ccc(C2Nc3c(O)cc([N+](=O)[O-])cc3C3C=CCC32)cc1OC. The zero-order valence-electron chi connectivity index (χ0n) is 15.0. The first-order valence-electron chi connectivity index (χ1n) is 8.70. The quantitative estimate of drug-likeness (QED) is 0.364. The van der Waals surface area contributed by atoms with E-state index in [1.807, 2.05) is 18.2 Å². The minimum absolute atomic E-state index is 0.00477. The summed E-state index contributed by atoms with van der Waals surface area (Å²) in [5, 5.41) is 25.0. The van der Waals surface area contributed by atoms with Crippen LogP contribution in [-0.4, -0.2) is 24.2 Å². The lowest BCUT2D eigenvalue weighted by Gasteiger charge is -2.37. The number of hydrogen-bond donors (Lipinski definition) is 2. The molecule has 3 unspecified atom stereocenters. The van der Waals surface area contributed by atoms with Gasteiger partial charge in [-0.2, -0.15) is 0 Å². The number of nitro groups is 1. The number of anilines is 1. The van der Waals surface area contributed by atoms with Crippen LogP contribution >= 0.6 is 0 Å². The molecular weight excluding hydrogens is 348 g/mol. The number of aromatic hydroxyl groups is 1. The largest absolute Gasteiger partial charge is 0.506 e. The van der Waals surface area contributed by atoms with Gasteiger partial charge < -0.3 is 19.9 Å². The van der Waals surface area contributed by atoms with E-state index in [1.54, 1.807) is 20.3 Å². The second-order valence-electron chi connectivity index (χ2n) is 6.78. The maximum Gasteiger partial charge on any atom is 0.273 e. The van der Waals surface area contributed by atoms with Crippen LogP contribution in [0.25, 0.3) is 0 Å². The van der Waals surface area contributed by atoms with E-state index in [9.17, 15) is 15.2 Å². The van der Waals surface area contributed by atoms with Crippen molar-refractivity contribution in [3.63, 3.8) is 0 Å². The second-order valence-corrected chi connectivity index (χ2v) is 6.78. The van der Waals surface area contributed by atoms with Crippen LogP contribution in [0.3, 0.4) is 0 Å². The molecule has 0 saturated heterocycles. The average molecular weight is 368 g/mol. The third-order valence-corrected chi connectivity index (χ3v) is 5.41. The van der Waals surface area contributed by atoms with Gasteiger partial charge >= 0.3 is 0 Å². The molecule has 1 aliphatic carbocycles. The molecule has 1 aliphatic heterocycles. The first-order chi connectivity index (χ1) is 13.0. The minimum Gasteiger partial charge on any atom is -0.506 e. The van der Waals surface area contributed by atoms with Gasteiger partial charge in [-0.1, -0.05) is 18.2 Å². The molecule has 0 fully saturated rings. The number of nitrogens with one attached hydrogen (secondary N) is 1. The van der Waals surface area contributed by atoms with Crippen molar-refractivity contribution in [3.05, 3.63) is 63.7 Å². The number of rotatable bonds is 4. The summed E-state index contributed by atoms with van der Waals surface area (Å²) < 4.78 is 10.7. The number of allylic oxidation sites excluding steroid dienone is 2. The van der Waals surface area contributed by atoms with Crippen LogP contribution in [0.2, 0.25) is 0 Å². The van der Waals surface area contributed by atoms with Crippen molar-refractivity contribution in [1.29, 1.82) is 0 Å². The maximum atomic E-state index is 11.2. The Bertz CT molecular complexity index is 940. The molecule has 140 valence electrons. The van der Waals surface area contributed by atoms with Crippen molar-refractivity contribution in [2.24, 2.45) is 5.92 Å². The van der Waals surface area contributed by atoms with E-state index in [4.69, 9.17) is 9.47 Å². The monoisotopic (exact) mass is 368 g/mol. The average Bonchev–Trinajstić information content (AvgIpc) is 3.17. The highest BCUT2D eigenvalue weighted by Crippen LogP contribution is 2.53. The molecule has 7 heteroatoms. The highest BCUT2D eigenvalue weighted by molar-refractivity contribution is 5.70. The Morgan fingerprint density at radius 1 is 1.19 bits per heavy atom. The Hall–Kier alpha value is -3.22. The predicted octanol–water partition coefficient (Wildman–Crippen LogP) is 4.14. The predicted molar refractivity (Wildman–Crippen MR) is 101 cm³/mol. The minimum atomic E-state index is -0.478. The molecule has 2 N–H and O–H groups in total. The molecule has 0 spiro atoms. The molecule has 0 aromatic heterocycles. The molecule has 4 rings (SSSR count). The molecule has 2 aliphatic rings. The van der Waals surface area contributed by atoms with Gasteiger partial charge in [-0.05, 0) is 35.6 Å². The van der Waals surface area contributed by atoms with Gasteiger partial charge in [0.2, 0.25) is 0 Å². The van der Waals surface area contributed by atoms with E-state index in [0.29, 0.717) is 17.2 Å². The number of nitro benzene ring substituents is 1. The topological polar surface area (TPSA) is 93.9 Å². The van der Waals surface area contributed by atoms with E-state index in [0.717, 1.165) is 17.5 Å². The zero-order valence-corrected chi connectivity index (χ0v) is 15.0. The van der Waals surface area contributed by atoms with Gasteiger partial charge in [-0.15, -0.1) is 0 Å². The van der Waals surface area contributed by atoms with E-state index in [1.165, 1.54) is 6.07 Å². The Morgan fingerprint density at radius 2 is 1.96 bits per heavy atom. The van der Waals surface area contributed by atoms with Gasteiger partial charge in [0.05, 0.1) is 36.9 Å². The molecule has 3 atom stereocenters. The second kappa shape index (κ2) is 6.50. The van der Waals surface area contributed by atoms with Gasteiger partial charge in [0.25, 0.3) is 5.69 Å². The Kier molecular flexibility index (Phi) is 4.14. The number of phenolic OH excluding ortho intramolecular Hbond substituents is 1. The van der Waals surface area contributed by atoms with Gasteiger partial charge in [0.1, 0.15) is 5.75 Å².